The zero-order valence-electron chi connectivity index (χ0n) is 12.5. The molecule has 2 N–H and O–H groups in total. The minimum Gasteiger partial charge on any atom is -0.391 e. The van der Waals surface area contributed by atoms with E-state index in [1.807, 2.05) is 0 Å². The van der Waals surface area contributed by atoms with Crippen molar-refractivity contribution in [3.05, 3.63) is 0 Å². The molecule has 0 aromatic carbocycles. The lowest BCUT2D eigenvalue weighted by Gasteiger charge is -2.30. The minimum absolute atomic E-state index is 0.00338. The molecule has 0 bridgehead atoms. The summed E-state index contributed by atoms with van der Waals surface area (Å²) in [6.07, 6.45) is 7.39. The predicted molar refractivity (Wildman–Crippen MR) is 78.1 cm³/mol. The Bertz CT molecular complexity index is 259. The predicted octanol–water partition coefficient (Wildman–Crippen LogP) is 2.76. The molecule has 4 nitrogen and oxygen atoms in total. The summed E-state index contributed by atoms with van der Waals surface area (Å²) in [6.45, 7) is 6.44. The van der Waals surface area contributed by atoms with E-state index < -0.39 is 0 Å². The first-order valence-electron chi connectivity index (χ1n) is 7.88. The van der Waals surface area contributed by atoms with Gasteiger partial charge in [-0.3, -0.25) is 0 Å². The number of rotatable bonds is 7. The molecule has 0 saturated carbocycles. The number of likely N-dealkylation sites (tertiary alicyclic amines) is 1. The second kappa shape index (κ2) is 9.18. The lowest BCUT2D eigenvalue weighted by molar-refractivity contribution is 0.0838. The van der Waals surface area contributed by atoms with Gasteiger partial charge in [0.15, 0.2) is 0 Å². The highest BCUT2D eigenvalue weighted by molar-refractivity contribution is 5.74. The fraction of sp³-hybridized carbons (Fsp3) is 0.933. The number of amides is 2. The Morgan fingerprint density at radius 3 is 2.79 bits per heavy atom. The van der Waals surface area contributed by atoms with Crippen LogP contribution in [-0.4, -0.2) is 41.8 Å². The molecule has 1 saturated heterocycles. The van der Waals surface area contributed by atoms with Gasteiger partial charge in [-0.1, -0.05) is 33.1 Å². The summed E-state index contributed by atoms with van der Waals surface area (Å²) in [5.74, 6) is 0.601. The summed E-state index contributed by atoms with van der Waals surface area (Å²) in [5, 5.41) is 12.6. The molecule has 1 rings (SSSR count). The average molecular weight is 270 g/mol. The maximum atomic E-state index is 12.0. The Morgan fingerprint density at radius 2 is 2.16 bits per heavy atom. The van der Waals surface area contributed by atoms with Crippen molar-refractivity contribution in [1.29, 1.82) is 0 Å². The van der Waals surface area contributed by atoms with Crippen LogP contribution < -0.4 is 5.32 Å². The number of nitrogens with one attached hydrogen (secondary N) is 1. The van der Waals surface area contributed by atoms with Crippen LogP contribution in [0.4, 0.5) is 4.79 Å². The van der Waals surface area contributed by atoms with Crippen LogP contribution in [0.2, 0.25) is 0 Å². The Morgan fingerprint density at radius 1 is 1.37 bits per heavy atom. The summed E-state index contributed by atoms with van der Waals surface area (Å²) in [6, 6.07) is -0.00338. The summed E-state index contributed by atoms with van der Waals surface area (Å²) in [4.78, 5) is 13.8. The molecule has 2 unspecified atom stereocenters. The van der Waals surface area contributed by atoms with Gasteiger partial charge in [-0.25, -0.2) is 4.79 Å². The van der Waals surface area contributed by atoms with Crippen LogP contribution in [-0.2, 0) is 0 Å². The summed E-state index contributed by atoms with van der Waals surface area (Å²) in [5.41, 5.74) is 0. The molecule has 1 aliphatic heterocycles. The normalized spacial score (nSPS) is 21.2. The van der Waals surface area contributed by atoms with Crippen molar-refractivity contribution >= 4 is 6.03 Å². The van der Waals surface area contributed by atoms with Crippen molar-refractivity contribution in [3.8, 4) is 0 Å². The van der Waals surface area contributed by atoms with E-state index in [1.54, 1.807) is 4.90 Å². The highest BCUT2D eigenvalue weighted by Crippen LogP contribution is 2.14. The van der Waals surface area contributed by atoms with Crippen LogP contribution in [0.3, 0.4) is 0 Å². The number of piperidine rings is 1. The van der Waals surface area contributed by atoms with Gasteiger partial charge >= 0.3 is 6.03 Å². The number of aliphatic hydroxyl groups excluding tert-OH is 1. The molecule has 0 spiro atoms. The van der Waals surface area contributed by atoms with Gasteiger partial charge in [0, 0.05) is 19.6 Å². The van der Waals surface area contributed by atoms with E-state index in [2.05, 4.69) is 19.2 Å². The van der Waals surface area contributed by atoms with Crippen molar-refractivity contribution < 1.29 is 9.90 Å². The van der Waals surface area contributed by atoms with Crippen LogP contribution in [0.1, 0.15) is 58.8 Å². The SMILES string of the molecule is CCCCC(CCC)CNC(=O)N1CCCC(O)C1. The highest BCUT2D eigenvalue weighted by Gasteiger charge is 2.22. The van der Waals surface area contributed by atoms with E-state index in [1.165, 1.54) is 32.1 Å². The van der Waals surface area contributed by atoms with Gasteiger partial charge < -0.3 is 15.3 Å². The molecule has 19 heavy (non-hydrogen) atoms. The molecule has 4 heteroatoms. The summed E-state index contributed by atoms with van der Waals surface area (Å²) in [7, 11) is 0. The van der Waals surface area contributed by atoms with E-state index in [-0.39, 0.29) is 12.1 Å². The average Bonchev–Trinajstić information content (AvgIpc) is 2.41. The standard InChI is InChI=1S/C15H30N2O2/c1-3-5-8-13(7-4-2)11-16-15(19)17-10-6-9-14(18)12-17/h13-14,18H,3-12H2,1-2H3,(H,16,19). The smallest absolute Gasteiger partial charge is 0.317 e. The third kappa shape index (κ3) is 6.28. The van der Waals surface area contributed by atoms with Crippen LogP contribution in [0.5, 0.6) is 0 Å². The first-order chi connectivity index (χ1) is 9.17. The lowest BCUT2D eigenvalue weighted by atomic mass is 9.97. The second-order valence-electron chi connectivity index (χ2n) is 5.73. The largest absolute Gasteiger partial charge is 0.391 e. The fourth-order valence-corrected chi connectivity index (χ4v) is 2.73. The third-order valence-corrected chi connectivity index (χ3v) is 3.89. The van der Waals surface area contributed by atoms with E-state index in [4.69, 9.17) is 0 Å². The second-order valence-corrected chi connectivity index (χ2v) is 5.73. The molecule has 2 amide bonds. The third-order valence-electron chi connectivity index (χ3n) is 3.89. The number of unbranched alkanes of at least 4 members (excludes halogenated alkanes) is 1. The zero-order valence-corrected chi connectivity index (χ0v) is 12.5. The van der Waals surface area contributed by atoms with Crippen LogP contribution in [0.25, 0.3) is 0 Å². The number of aliphatic hydroxyl groups is 1. The molecule has 2 atom stereocenters. The molecule has 1 aliphatic rings. The monoisotopic (exact) mass is 270 g/mol. The zero-order chi connectivity index (χ0) is 14.1. The lowest BCUT2D eigenvalue weighted by Crippen LogP contribution is -2.48. The molecule has 1 heterocycles. The molecule has 0 aromatic heterocycles. The van der Waals surface area contributed by atoms with E-state index in [0.29, 0.717) is 12.5 Å². The number of β-amino-alcohol motifs (C(OH)–C–C–N with tert-alkyl or cyclic N) is 1. The van der Waals surface area contributed by atoms with E-state index in [0.717, 1.165) is 25.9 Å². The maximum absolute atomic E-state index is 12.0. The van der Waals surface area contributed by atoms with Crippen molar-refractivity contribution in [1.82, 2.24) is 10.2 Å². The van der Waals surface area contributed by atoms with Crippen molar-refractivity contribution in [3.63, 3.8) is 0 Å². The molecule has 0 aliphatic carbocycles. The molecule has 0 aromatic rings. The molecular weight excluding hydrogens is 240 g/mol. The number of hydrogen-bond acceptors (Lipinski definition) is 2. The van der Waals surface area contributed by atoms with Crippen LogP contribution in [0.15, 0.2) is 0 Å². The number of carbonyl (C=O) groups is 1. The Balaban J connectivity index is 2.29. The van der Waals surface area contributed by atoms with Gasteiger partial charge in [0.1, 0.15) is 0 Å². The van der Waals surface area contributed by atoms with E-state index >= 15 is 0 Å². The highest BCUT2D eigenvalue weighted by atomic mass is 16.3. The van der Waals surface area contributed by atoms with Crippen LogP contribution >= 0.6 is 0 Å². The molecule has 0 radical (unpaired) electrons. The summed E-state index contributed by atoms with van der Waals surface area (Å²) < 4.78 is 0. The first-order valence-corrected chi connectivity index (χ1v) is 7.88. The van der Waals surface area contributed by atoms with Crippen molar-refractivity contribution in [2.24, 2.45) is 5.92 Å². The Labute approximate surface area is 117 Å². The minimum atomic E-state index is -0.342. The molecule has 112 valence electrons. The van der Waals surface area contributed by atoms with Crippen LogP contribution in [0, 0.1) is 5.92 Å². The van der Waals surface area contributed by atoms with Gasteiger partial charge in [-0.05, 0) is 31.6 Å². The van der Waals surface area contributed by atoms with Crippen molar-refractivity contribution in [2.45, 2.75) is 64.9 Å². The maximum Gasteiger partial charge on any atom is 0.317 e. The molecule has 1 fully saturated rings. The first kappa shape index (κ1) is 16.3. The summed E-state index contributed by atoms with van der Waals surface area (Å²) >= 11 is 0. The number of nitrogens with zero attached hydrogens (tertiary/aromatic N) is 1. The van der Waals surface area contributed by atoms with Gasteiger partial charge in [0.05, 0.1) is 6.10 Å². The number of carbonyl (C=O) groups excluding carboxylic acids is 1. The molecular formula is C15H30N2O2. The number of urea groups is 1. The van der Waals surface area contributed by atoms with Crippen molar-refractivity contribution in [2.75, 3.05) is 19.6 Å². The Kier molecular flexibility index (Phi) is 7.87. The van der Waals surface area contributed by atoms with Gasteiger partial charge in [-0.15, -0.1) is 0 Å². The van der Waals surface area contributed by atoms with Gasteiger partial charge in [0.2, 0.25) is 0 Å². The topological polar surface area (TPSA) is 52.6 Å². The van der Waals surface area contributed by atoms with E-state index in [9.17, 15) is 9.90 Å². The Hall–Kier alpha value is -0.770. The quantitative estimate of drug-likeness (QED) is 0.747. The fourth-order valence-electron chi connectivity index (χ4n) is 2.73. The van der Waals surface area contributed by atoms with Gasteiger partial charge in [0.25, 0.3) is 0 Å². The van der Waals surface area contributed by atoms with Gasteiger partial charge in [-0.2, -0.15) is 0 Å². The number of hydrogen-bond donors (Lipinski definition) is 2.